The number of rotatable bonds is 15. The van der Waals surface area contributed by atoms with Crippen molar-refractivity contribution in [3.8, 4) is 5.75 Å². The average molecular weight is 528 g/mol. The molecule has 38 heavy (non-hydrogen) atoms. The molecule has 0 saturated heterocycles. The van der Waals surface area contributed by atoms with Gasteiger partial charge in [0, 0.05) is 24.7 Å². The molecule has 1 amide bonds. The second-order valence-corrected chi connectivity index (χ2v) is 11.8. The summed E-state index contributed by atoms with van der Waals surface area (Å²) in [7, 11) is 0. The van der Waals surface area contributed by atoms with Crippen LogP contribution in [-0.2, 0) is 23.2 Å². The predicted octanol–water partition coefficient (Wildman–Crippen LogP) is 4.79. The molecule has 0 aliphatic rings. The molecule has 0 aliphatic heterocycles. The van der Waals surface area contributed by atoms with Crippen LogP contribution >= 0.6 is 0 Å². The fourth-order valence-corrected chi connectivity index (χ4v) is 4.57. The molecule has 0 saturated carbocycles. The number of nitrogens with two attached hydrogens (primary N) is 1. The number of hydrogen-bond acceptors (Lipinski definition) is 5. The van der Waals surface area contributed by atoms with Crippen molar-refractivity contribution in [3.05, 3.63) is 64.6 Å². The molecule has 0 radical (unpaired) electrons. The lowest BCUT2D eigenvalue weighted by Crippen LogP contribution is -2.36. The van der Waals surface area contributed by atoms with Crippen LogP contribution in [0.2, 0.25) is 0 Å². The maximum absolute atomic E-state index is 12.1. The summed E-state index contributed by atoms with van der Waals surface area (Å²) < 4.78 is 7.04. The number of hydrogen-bond donors (Lipinski definition) is 3. The van der Waals surface area contributed by atoms with Gasteiger partial charge in [-0.3, -0.25) is 4.79 Å². The average Bonchev–Trinajstić information content (AvgIpc) is 2.85. The number of carbonyl (C=O) groups is 1. The maximum atomic E-state index is 12.1. The van der Waals surface area contributed by atoms with Gasteiger partial charge in [-0.1, -0.05) is 60.1 Å². The van der Waals surface area contributed by atoms with Gasteiger partial charge >= 0.3 is 0 Å². The maximum Gasteiger partial charge on any atom is 0.248 e. The Hall–Kier alpha value is -2.64. The van der Waals surface area contributed by atoms with Crippen LogP contribution in [0.1, 0.15) is 90.5 Å². The van der Waals surface area contributed by atoms with Crippen LogP contribution in [0.4, 0.5) is 0 Å². The van der Waals surface area contributed by atoms with Gasteiger partial charge in [0.1, 0.15) is 11.9 Å². The minimum atomic E-state index is -1.02. The number of carbonyl (C=O) groups excluding carboxylic acids is 1. The number of pyridine rings is 1. The van der Waals surface area contributed by atoms with Gasteiger partial charge in [-0.15, -0.1) is 0 Å². The largest absolute Gasteiger partial charge is 0.618 e. The van der Waals surface area contributed by atoms with Gasteiger partial charge in [-0.25, -0.2) is 0 Å². The summed E-state index contributed by atoms with van der Waals surface area (Å²) in [5, 5.41) is 25.1. The molecular formula is C31H49N3O4. The summed E-state index contributed by atoms with van der Waals surface area (Å²) >= 11 is 0. The number of aromatic nitrogens is 1. The van der Waals surface area contributed by atoms with E-state index < -0.39 is 6.10 Å². The van der Waals surface area contributed by atoms with E-state index in [1.54, 1.807) is 12.1 Å². The zero-order valence-corrected chi connectivity index (χ0v) is 24.2. The minimum absolute atomic E-state index is 0.101. The van der Waals surface area contributed by atoms with E-state index in [2.05, 4.69) is 65.1 Å². The third kappa shape index (κ3) is 10.3. The predicted molar refractivity (Wildman–Crippen MR) is 153 cm³/mol. The Morgan fingerprint density at radius 3 is 2.55 bits per heavy atom. The summed E-state index contributed by atoms with van der Waals surface area (Å²) in [6.07, 6.45) is 4.97. The molecule has 3 atom stereocenters. The molecule has 1 heterocycles. The number of nitrogens with zero attached hydrogens (tertiary/aromatic N) is 1. The summed E-state index contributed by atoms with van der Waals surface area (Å²) in [4.78, 5) is 12.1. The monoisotopic (exact) mass is 527 g/mol. The van der Waals surface area contributed by atoms with Crippen molar-refractivity contribution in [2.45, 2.75) is 104 Å². The van der Waals surface area contributed by atoms with Gasteiger partial charge in [0.05, 0.1) is 0 Å². The van der Waals surface area contributed by atoms with E-state index in [0.717, 1.165) is 47.3 Å². The summed E-state index contributed by atoms with van der Waals surface area (Å²) in [6.45, 7) is 13.7. The van der Waals surface area contributed by atoms with E-state index in [1.165, 1.54) is 6.20 Å². The molecule has 1 aromatic heterocycles. The standard InChI is InChI=1S/C31H49N3O4/c1-7-8-16-33-30(36)28(35)15-13-25(32)20-24(22(2)3)18-23-12-14-27(31(4,5)6)29(19-23)38-21-26-11-9-10-17-34(26)37/h9-12,14,17,19,22,24-25,28,35H,7-8,13,15-16,18,20-21,32H2,1-6H3,(H,33,36)/t24-,25-,28-/m0/s1. The molecular weight excluding hydrogens is 478 g/mol. The van der Waals surface area contributed by atoms with Crippen LogP contribution in [0, 0.1) is 17.0 Å². The van der Waals surface area contributed by atoms with Crippen LogP contribution in [-0.4, -0.2) is 29.7 Å². The third-order valence-electron chi connectivity index (χ3n) is 7.12. The summed E-state index contributed by atoms with van der Waals surface area (Å²) in [5.41, 5.74) is 9.18. The van der Waals surface area contributed by atoms with Gasteiger partial charge < -0.3 is 26.1 Å². The van der Waals surface area contributed by atoms with E-state index in [1.807, 2.05) is 6.07 Å². The zero-order chi connectivity index (χ0) is 28.3. The van der Waals surface area contributed by atoms with E-state index in [0.29, 0.717) is 36.9 Å². The molecule has 7 heteroatoms. The number of unbranched alkanes of at least 4 members (excludes halogenated alkanes) is 1. The van der Waals surface area contributed by atoms with Crippen LogP contribution in [0.3, 0.4) is 0 Å². The first kappa shape index (κ1) is 31.6. The van der Waals surface area contributed by atoms with Crippen LogP contribution in [0.15, 0.2) is 42.6 Å². The van der Waals surface area contributed by atoms with Crippen molar-refractivity contribution in [1.29, 1.82) is 0 Å². The number of benzene rings is 1. The molecule has 0 spiro atoms. The highest BCUT2D eigenvalue weighted by molar-refractivity contribution is 5.80. The van der Waals surface area contributed by atoms with Gasteiger partial charge in [0.25, 0.3) is 0 Å². The number of nitrogens with one attached hydrogen (secondary N) is 1. The molecule has 7 nitrogen and oxygen atoms in total. The van der Waals surface area contributed by atoms with Crippen LogP contribution in [0.25, 0.3) is 0 Å². The highest BCUT2D eigenvalue weighted by atomic mass is 16.5. The van der Waals surface area contributed by atoms with E-state index in [4.69, 9.17) is 10.5 Å². The quantitative estimate of drug-likeness (QED) is 0.175. The Balaban J connectivity index is 2.06. The van der Waals surface area contributed by atoms with E-state index in [9.17, 15) is 15.1 Å². The Bertz CT molecular complexity index is 1000. The third-order valence-corrected chi connectivity index (χ3v) is 7.12. The molecule has 0 aliphatic carbocycles. The second kappa shape index (κ2) is 15.1. The molecule has 0 fully saturated rings. The number of aliphatic hydroxyl groups excluding tert-OH is 1. The molecule has 2 aromatic rings. The normalized spacial score (nSPS) is 14.2. The smallest absolute Gasteiger partial charge is 0.248 e. The SMILES string of the molecule is CCCCNC(=O)[C@@H](O)CC[C@H](N)C[C@H](Cc1ccc(C(C)(C)C)c(OCc2cccc[n+]2[O-])c1)C(C)C. The lowest BCUT2D eigenvalue weighted by molar-refractivity contribution is -0.616. The topological polar surface area (TPSA) is 112 Å². The van der Waals surface area contributed by atoms with Crippen molar-refractivity contribution in [1.82, 2.24) is 5.32 Å². The van der Waals surface area contributed by atoms with Crippen LogP contribution in [0.5, 0.6) is 5.75 Å². The number of ether oxygens (including phenoxy) is 1. The van der Waals surface area contributed by atoms with Gasteiger partial charge in [0.15, 0.2) is 12.8 Å². The van der Waals surface area contributed by atoms with Gasteiger partial charge in [0.2, 0.25) is 11.6 Å². The Morgan fingerprint density at radius 1 is 1.18 bits per heavy atom. The van der Waals surface area contributed by atoms with Gasteiger partial charge in [-0.05, 0) is 72.6 Å². The van der Waals surface area contributed by atoms with Crippen molar-refractivity contribution in [3.63, 3.8) is 0 Å². The first-order valence-electron chi connectivity index (χ1n) is 14.1. The summed E-state index contributed by atoms with van der Waals surface area (Å²) in [6, 6.07) is 11.6. The number of amides is 1. The summed E-state index contributed by atoms with van der Waals surface area (Å²) in [5.74, 6) is 1.24. The zero-order valence-electron chi connectivity index (χ0n) is 24.2. The second-order valence-electron chi connectivity index (χ2n) is 11.8. The molecule has 2 rings (SSSR count). The highest BCUT2D eigenvalue weighted by Crippen LogP contribution is 2.34. The Morgan fingerprint density at radius 2 is 1.92 bits per heavy atom. The highest BCUT2D eigenvalue weighted by Gasteiger charge is 2.23. The lowest BCUT2D eigenvalue weighted by atomic mass is 9.81. The fraction of sp³-hybridized carbons (Fsp3) is 0.613. The van der Waals surface area contributed by atoms with Crippen molar-refractivity contribution in [2.24, 2.45) is 17.6 Å². The first-order valence-corrected chi connectivity index (χ1v) is 14.1. The molecule has 212 valence electrons. The van der Waals surface area contributed by atoms with E-state index in [-0.39, 0.29) is 24.0 Å². The van der Waals surface area contributed by atoms with Crippen molar-refractivity contribution < 1.29 is 19.4 Å². The van der Waals surface area contributed by atoms with Gasteiger partial charge in [-0.2, -0.15) is 4.73 Å². The fourth-order valence-electron chi connectivity index (χ4n) is 4.57. The first-order chi connectivity index (χ1) is 17.9. The molecule has 0 unspecified atom stereocenters. The number of aliphatic hydroxyl groups is 1. The Labute approximate surface area is 229 Å². The van der Waals surface area contributed by atoms with Crippen molar-refractivity contribution in [2.75, 3.05) is 6.54 Å². The molecule has 4 N–H and O–H groups in total. The Kier molecular flexibility index (Phi) is 12.5. The molecule has 1 aromatic carbocycles. The van der Waals surface area contributed by atoms with E-state index >= 15 is 0 Å². The minimum Gasteiger partial charge on any atom is -0.618 e. The molecule has 0 bridgehead atoms. The van der Waals surface area contributed by atoms with Crippen LogP contribution < -0.4 is 20.5 Å². The lowest BCUT2D eigenvalue weighted by Gasteiger charge is -2.27. The van der Waals surface area contributed by atoms with Crippen molar-refractivity contribution >= 4 is 5.91 Å².